The van der Waals surface area contributed by atoms with Gasteiger partial charge in [-0.1, -0.05) is 38.8 Å². The van der Waals surface area contributed by atoms with Crippen molar-refractivity contribution in [1.29, 1.82) is 0 Å². The normalized spacial score (nSPS) is 23.1. The number of rotatable bonds is 8. The monoisotopic (exact) mass is 412 g/mol. The van der Waals surface area contributed by atoms with Gasteiger partial charge < -0.3 is 15.0 Å². The van der Waals surface area contributed by atoms with Crippen molar-refractivity contribution in [2.75, 3.05) is 26.1 Å². The van der Waals surface area contributed by atoms with Crippen LogP contribution in [0.5, 0.6) is 0 Å². The second-order valence-electron chi connectivity index (χ2n) is 7.55. The number of carbonyl (C=O) groups is 2. The average Bonchev–Trinajstić information content (AvgIpc) is 2.69. The topological polar surface area (TPSA) is 58.6 Å². The smallest absolute Gasteiger partial charge is 0.247 e. The van der Waals surface area contributed by atoms with Crippen molar-refractivity contribution in [3.8, 4) is 0 Å². The molecule has 0 radical (unpaired) electrons. The third-order valence-electron chi connectivity index (χ3n) is 5.75. The Morgan fingerprint density at radius 2 is 1.96 bits per heavy atom. The van der Waals surface area contributed by atoms with Gasteiger partial charge >= 0.3 is 0 Å². The van der Waals surface area contributed by atoms with Crippen molar-refractivity contribution >= 4 is 23.4 Å². The van der Waals surface area contributed by atoms with E-state index in [0.29, 0.717) is 17.4 Å². The number of methoxy groups -OCH3 is 1. The van der Waals surface area contributed by atoms with E-state index < -0.39 is 11.9 Å². The molecule has 1 N–H and O–H groups in total. The lowest BCUT2D eigenvalue weighted by molar-refractivity contribution is -0.140. The molecule has 1 aliphatic rings. The number of nitrogens with zero attached hydrogens (tertiary/aromatic N) is 1. The SMILES string of the molecule is COCCN(C(=O)CCl)[C@H](C(=O)N[C@@H]1CCC[C@@H](C)[C@@H]1C)c1ccc(F)cc1. The van der Waals surface area contributed by atoms with Gasteiger partial charge in [-0.25, -0.2) is 4.39 Å². The summed E-state index contributed by atoms with van der Waals surface area (Å²) < 4.78 is 18.5. The van der Waals surface area contributed by atoms with Crippen LogP contribution in [0.4, 0.5) is 4.39 Å². The van der Waals surface area contributed by atoms with Gasteiger partial charge in [0.1, 0.15) is 17.7 Å². The first-order chi connectivity index (χ1) is 13.4. The molecule has 2 rings (SSSR count). The summed E-state index contributed by atoms with van der Waals surface area (Å²) in [7, 11) is 1.53. The molecule has 0 bridgehead atoms. The zero-order valence-corrected chi connectivity index (χ0v) is 17.5. The van der Waals surface area contributed by atoms with Gasteiger partial charge in [0.25, 0.3) is 0 Å². The van der Waals surface area contributed by atoms with Gasteiger partial charge in [-0.2, -0.15) is 0 Å². The van der Waals surface area contributed by atoms with Crippen molar-refractivity contribution in [2.24, 2.45) is 11.8 Å². The lowest BCUT2D eigenvalue weighted by Gasteiger charge is -2.37. The maximum atomic E-state index is 13.4. The number of benzene rings is 1. The fraction of sp³-hybridized carbons (Fsp3) is 0.619. The van der Waals surface area contributed by atoms with E-state index in [-0.39, 0.29) is 36.9 Å². The number of hydrogen-bond donors (Lipinski definition) is 1. The molecule has 0 aromatic heterocycles. The molecule has 1 saturated carbocycles. The van der Waals surface area contributed by atoms with Crippen molar-refractivity contribution in [3.05, 3.63) is 35.6 Å². The minimum Gasteiger partial charge on any atom is -0.383 e. The zero-order valence-electron chi connectivity index (χ0n) is 16.8. The summed E-state index contributed by atoms with van der Waals surface area (Å²) in [6.07, 6.45) is 3.13. The molecule has 5 nitrogen and oxygen atoms in total. The van der Waals surface area contributed by atoms with E-state index in [1.807, 2.05) is 0 Å². The Kier molecular flexibility index (Phi) is 8.70. The van der Waals surface area contributed by atoms with Crippen LogP contribution in [0.1, 0.15) is 44.7 Å². The summed E-state index contributed by atoms with van der Waals surface area (Å²) in [4.78, 5) is 27.2. The first-order valence-corrected chi connectivity index (χ1v) is 10.3. The van der Waals surface area contributed by atoms with Crippen LogP contribution in [-0.4, -0.2) is 48.9 Å². The van der Waals surface area contributed by atoms with Crippen molar-refractivity contribution in [3.63, 3.8) is 0 Å². The molecule has 0 unspecified atom stereocenters. The molecule has 7 heteroatoms. The second-order valence-corrected chi connectivity index (χ2v) is 7.82. The molecule has 0 aliphatic heterocycles. The highest BCUT2D eigenvalue weighted by atomic mass is 35.5. The Hall–Kier alpha value is -1.66. The highest BCUT2D eigenvalue weighted by molar-refractivity contribution is 6.27. The van der Waals surface area contributed by atoms with Crippen LogP contribution in [-0.2, 0) is 14.3 Å². The molecule has 0 spiro atoms. The van der Waals surface area contributed by atoms with E-state index in [9.17, 15) is 14.0 Å². The Labute approximate surface area is 171 Å². The maximum absolute atomic E-state index is 13.4. The highest BCUT2D eigenvalue weighted by Crippen LogP contribution is 2.30. The molecule has 1 aromatic carbocycles. The number of halogens is 2. The number of hydrogen-bond acceptors (Lipinski definition) is 3. The molecule has 28 heavy (non-hydrogen) atoms. The molecule has 1 aliphatic carbocycles. The van der Waals surface area contributed by atoms with Crippen LogP contribution < -0.4 is 5.32 Å². The first kappa shape index (κ1) is 22.6. The Morgan fingerprint density at radius 1 is 1.29 bits per heavy atom. The molecule has 156 valence electrons. The van der Waals surface area contributed by atoms with Crippen molar-refractivity contribution in [1.82, 2.24) is 10.2 Å². The fourth-order valence-electron chi connectivity index (χ4n) is 3.83. The summed E-state index contributed by atoms with van der Waals surface area (Å²) in [5.74, 6) is -0.406. The largest absolute Gasteiger partial charge is 0.383 e. The lowest BCUT2D eigenvalue weighted by atomic mass is 9.78. The molecule has 2 amide bonds. The number of nitrogens with one attached hydrogen (secondary N) is 1. The van der Waals surface area contributed by atoms with Gasteiger partial charge in [0.05, 0.1) is 6.61 Å². The zero-order chi connectivity index (χ0) is 20.7. The lowest BCUT2D eigenvalue weighted by Crippen LogP contribution is -2.50. The van der Waals surface area contributed by atoms with E-state index in [4.69, 9.17) is 16.3 Å². The summed E-state index contributed by atoms with van der Waals surface area (Å²) in [6.45, 7) is 4.83. The first-order valence-electron chi connectivity index (χ1n) is 9.79. The maximum Gasteiger partial charge on any atom is 0.247 e. The summed E-state index contributed by atoms with van der Waals surface area (Å²) in [5, 5.41) is 3.14. The van der Waals surface area contributed by atoms with Gasteiger partial charge in [0.15, 0.2) is 0 Å². The van der Waals surface area contributed by atoms with Crippen LogP contribution in [0.2, 0.25) is 0 Å². The summed E-state index contributed by atoms with van der Waals surface area (Å²) in [5.41, 5.74) is 0.546. The van der Waals surface area contributed by atoms with Crippen LogP contribution in [0.15, 0.2) is 24.3 Å². The Morgan fingerprint density at radius 3 is 2.57 bits per heavy atom. The van der Waals surface area contributed by atoms with E-state index in [0.717, 1.165) is 19.3 Å². The molecule has 4 atom stereocenters. The third kappa shape index (κ3) is 5.67. The number of carbonyl (C=O) groups excluding carboxylic acids is 2. The minimum absolute atomic E-state index is 0.0505. The quantitative estimate of drug-likeness (QED) is 0.664. The number of ether oxygens (including phenoxy) is 1. The van der Waals surface area contributed by atoms with Crippen molar-refractivity contribution < 1.29 is 18.7 Å². The molecule has 1 fully saturated rings. The van der Waals surface area contributed by atoms with Gasteiger partial charge in [-0.05, 0) is 36.0 Å². The standard InChI is InChI=1S/C21H30ClFN2O3/c1-14-5-4-6-18(15(14)2)24-21(27)20(16-7-9-17(23)10-8-16)25(11-12-28-3)19(26)13-22/h7-10,14-15,18,20H,4-6,11-13H2,1-3H3,(H,24,27)/t14-,15+,18-,20+/m1/s1. The van der Waals surface area contributed by atoms with Crippen LogP contribution in [0.3, 0.4) is 0 Å². The second kappa shape index (κ2) is 10.8. The third-order valence-corrected chi connectivity index (χ3v) is 5.98. The van der Waals surface area contributed by atoms with Crippen LogP contribution in [0.25, 0.3) is 0 Å². The van der Waals surface area contributed by atoms with Crippen LogP contribution >= 0.6 is 11.6 Å². The minimum atomic E-state index is -0.883. The highest BCUT2D eigenvalue weighted by Gasteiger charge is 2.34. The molecule has 0 saturated heterocycles. The Balaban J connectivity index is 2.31. The predicted molar refractivity (Wildman–Crippen MR) is 108 cm³/mol. The molecular weight excluding hydrogens is 383 g/mol. The van der Waals surface area contributed by atoms with E-state index in [1.165, 1.54) is 36.3 Å². The Bertz CT molecular complexity index is 656. The summed E-state index contributed by atoms with van der Waals surface area (Å²) >= 11 is 5.80. The van der Waals surface area contributed by atoms with Crippen LogP contribution in [0, 0.1) is 17.7 Å². The summed E-state index contributed by atoms with van der Waals surface area (Å²) in [6, 6.07) is 4.82. The van der Waals surface area contributed by atoms with Gasteiger partial charge in [0, 0.05) is 19.7 Å². The number of amides is 2. The van der Waals surface area contributed by atoms with Gasteiger partial charge in [-0.15, -0.1) is 11.6 Å². The van der Waals surface area contributed by atoms with Gasteiger partial charge in [-0.3, -0.25) is 9.59 Å². The molecule has 1 aromatic rings. The number of alkyl halides is 1. The fourth-order valence-corrected chi connectivity index (χ4v) is 3.98. The predicted octanol–water partition coefficient (Wildman–Crippen LogP) is 3.52. The molecular formula is C21H30ClFN2O3. The van der Waals surface area contributed by atoms with Crippen molar-refractivity contribution in [2.45, 2.75) is 45.2 Å². The van der Waals surface area contributed by atoms with E-state index in [2.05, 4.69) is 19.2 Å². The van der Waals surface area contributed by atoms with E-state index in [1.54, 1.807) is 0 Å². The van der Waals surface area contributed by atoms with Gasteiger partial charge in [0.2, 0.25) is 11.8 Å². The average molecular weight is 413 g/mol. The van der Waals surface area contributed by atoms with E-state index >= 15 is 0 Å². The molecule has 0 heterocycles.